The van der Waals surface area contributed by atoms with Gasteiger partial charge in [-0.1, -0.05) is 12.1 Å². The van der Waals surface area contributed by atoms with Gasteiger partial charge in [-0.25, -0.2) is 14.6 Å². The first-order chi connectivity index (χ1) is 12.4. The van der Waals surface area contributed by atoms with Crippen LogP contribution in [0.1, 0.15) is 29.4 Å². The summed E-state index contributed by atoms with van der Waals surface area (Å²) in [6.45, 7) is 6.73. The van der Waals surface area contributed by atoms with Gasteiger partial charge in [0.2, 0.25) is 4.77 Å². The maximum atomic E-state index is 5.62. The van der Waals surface area contributed by atoms with Crippen molar-refractivity contribution in [3.8, 4) is 0 Å². The monoisotopic (exact) mass is 384 g/mol. The van der Waals surface area contributed by atoms with E-state index in [0.717, 1.165) is 21.9 Å². The SMILES string of the molecule is Cc1cc(C)n2c(=S)n(CN(C)[C@H](C)c3nc4ccccc4s3)nc2n1. The molecule has 6 nitrogen and oxygen atoms in total. The summed E-state index contributed by atoms with van der Waals surface area (Å²) in [6, 6.07) is 10.4. The smallest absolute Gasteiger partial charge is 0.254 e. The number of hydrogen-bond donors (Lipinski definition) is 0. The van der Waals surface area contributed by atoms with E-state index in [4.69, 9.17) is 17.2 Å². The van der Waals surface area contributed by atoms with E-state index in [1.54, 1.807) is 11.3 Å². The van der Waals surface area contributed by atoms with Gasteiger partial charge in [0.1, 0.15) is 5.01 Å². The Kier molecular flexibility index (Phi) is 4.34. The van der Waals surface area contributed by atoms with Crippen LogP contribution in [0.15, 0.2) is 30.3 Å². The average Bonchev–Trinajstić information content (AvgIpc) is 3.15. The maximum Gasteiger partial charge on any atom is 0.254 e. The Morgan fingerprint density at radius 2 is 2.00 bits per heavy atom. The van der Waals surface area contributed by atoms with E-state index in [0.29, 0.717) is 17.2 Å². The van der Waals surface area contributed by atoms with Crippen LogP contribution in [0.3, 0.4) is 0 Å². The lowest BCUT2D eigenvalue weighted by molar-refractivity contribution is 0.195. The molecule has 134 valence electrons. The van der Waals surface area contributed by atoms with Crippen molar-refractivity contribution in [2.75, 3.05) is 7.05 Å². The van der Waals surface area contributed by atoms with Crippen molar-refractivity contribution in [2.45, 2.75) is 33.5 Å². The number of aryl methyl sites for hydroxylation is 2. The van der Waals surface area contributed by atoms with Crippen molar-refractivity contribution in [2.24, 2.45) is 0 Å². The van der Waals surface area contributed by atoms with E-state index in [-0.39, 0.29) is 6.04 Å². The standard InChI is InChI=1S/C18H20N6S2/c1-11-9-12(2)24-17(19-11)21-23(18(24)25)10-22(4)13(3)16-20-14-7-5-6-8-15(14)26-16/h5-9,13H,10H2,1-4H3/t13-/m1/s1. The van der Waals surface area contributed by atoms with Crippen LogP contribution >= 0.6 is 23.6 Å². The van der Waals surface area contributed by atoms with Crippen molar-refractivity contribution >= 4 is 39.5 Å². The second-order valence-electron chi connectivity index (χ2n) is 6.55. The Hall–Kier alpha value is -2.16. The number of hydrogen-bond acceptors (Lipinski definition) is 6. The second-order valence-corrected chi connectivity index (χ2v) is 7.98. The molecular formula is C18H20N6S2. The lowest BCUT2D eigenvalue weighted by Crippen LogP contribution is -2.26. The van der Waals surface area contributed by atoms with Gasteiger partial charge in [0.25, 0.3) is 5.78 Å². The second kappa shape index (κ2) is 6.53. The third kappa shape index (κ3) is 2.94. The Morgan fingerprint density at radius 1 is 1.23 bits per heavy atom. The van der Waals surface area contributed by atoms with Gasteiger partial charge in [-0.3, -0.25) is 9.30 Å². The summed E-state index contributed by atoms with van der Waals surface area (Å²) in [5.74, 6) is 0.647. The first kappa shape index (κ1) is 17.3. The molecule has 0 radical (unpaired) electrons. The average molecular weight is 385 g/mol. The molecule has 0 aliphatic rings. The van der Waals surface area contributed by atoms with Gasteiger partial charge in [-0.15, -0.1) is 16.4 Å². The van der Waals surface area contributed by atoms with Crippen LogP contribution in [-0.2, 0) is 6.67 Å². The summed E-state index contributed by atoms with van der Waals surface area (Å²) in [4.78, 5) is 11.5. The number of para-hydroxylation sites is 1. The molecule has 0 aliphatic heterocycles. The molecule has 0 saturated heterocycles. The Balaban J connectivity index is 1.64. The van der Waals surface area contributed by atoms with E-state index < -0.39 is 0 Å². The van der Waals surface area contributed by atoms with Crippen molar-refractivity contribution in [3.63, 3.8) is 0 Å². The summed E-state index contributed by atoms with van der Waals surface area (Å²) in [6.07, 6.45) is 0. The van der Waals surface area contributed by atoms with E-state index >= 15 is 0 Å². The summed E-state index contributed by atoms with van der Waals surface area (Å²) >= 11 is 7.35. The molecule has 4 aromatic rings. The topological polar surface area (TPSA) is 51.2 Å². The maximum absolute atomic E-state index is 5.62. The first-order valence-electron chi connectivity index (χ1n) is 8.43. The largest absolute Gasteiger partial charge is 0.278 e. The quantitative estimate of drug-likeness (QED) is 0.495. The molecule has 0 bridgehead atoms. The number of fused-ring (bicyclic) bond motifs is 2. The summed E-state index contributed by atoms with van der Waals surface area (Å²) in [5, 5.41) is 5.69. The molecule has 0 saturated carbocycles. The zero-order chi connectivity index (χ0) is 18.4. The fourth-order valence-electron chi connectivity index (χ4n) is 3.02. The number of benzene rings is 1. The van der Waals surface area contributed by atoms with Crippen molar-refractivity contribution in [1.29, 1.82) is 0 Å². The summed E-state index contributed by atoms with van der Waals surface area (Å²) in [5.41, 5.74) is 3.04. The molecule has 4 rings (SSSR count). The van der Waals surface area contributed by atoms with Gasteiger partial charge >= 0.3 is 0 Å². The lowest BCUT2D eigenvalue weighted by atomic mass is 10.3. The highest BCUT2D eigenvalue weighted by molar-refractivity contribution is 7.71. The van der Waals surface area contributed by atoms with Crippen LogP contribution in [0.4, 0.5) is 0 Å². The fourth-order valence-corrected chi connectivity index (χ4v) is 4.43. The van der Waals surface area contributed by atoms with Crippen LogP contribution < -0.4 is 0 Å². The molecule has 3 aromatic heterocycles. The zero-order valence-corrected chi connectivity index (χ0v) is 16.8. The molecule has 0 N–H and O–H groups in total. The van der Waals surface area contributed by atoms with Crippen molar-refractivity contribution < 1.29 is 0 Å². The third-order valence-electron chi connectivity index (χ3n) is 4.56. The number of nitrogens with zero attached hydrogens (tertiary/aromatic N) is 6. The molecule has 26 heavy (non-hydrogen) atoms. The molecule has 0 unspecified atom stereocenters. The van der Waals surface area contributed by atoms with Gasteiger partial charge in [-0.05, 0) is 58.2 Å². The van der Waals surface area contributed by atoms with Crippen LogP contribution in [0.25, 0.3) is 16.0 Å². The Labute approximate surface area is 160 Å². The molecule has 0 amide bonds. The number of aromatic nitrogens is 5. The van der Waals surface area contributed by atoms with Crippen LogP contribution in [0, 0.1) is 18.6 Å². The highest BCUT2D eigenvalue weighted by Gasteiger charge is 2.18. The zero-order valence-electron chi connectivity index (χ0n) is 15.2. The minimum Gasteiger partial charge on any atom is -0.278 e. The molecule has 3 heterocycles. The molecule has 0 aliphatic carbocycles. The predicted octanol–water partition coefficient (Wildman–Crippen LogP) is 4.14. The van der Waals surface area contributed by atoms with Crippen LogP contribution in [0.5, 0.6) is 0 Å². The van der Waals surface area contributed by atoms with E-state index in [1.807, 2.05) is 41.1 Å². The minimum absolute atomic E-state index is 0.162. The number of thiazole rings is 1. The van der Waals surface area contributed by atoms with Crippen molar-refractivity contribution in [1.82, 2.24) is 29.0 Å². The van der Waals surface area contributed by atoms with Crippen LogP contribution in [-0.4, -0.2) is 36.1 Å². The normalized spacial score (nSPS) is 13.1. The Morgan fingerprint density at radius 3 is 2.77 bits per heavy atom. The highest BCUT2D eigenvalue weighted by atomic mass is 32.1. The molecule has 1 atom stereocenters. The fraction of sp³-hybridized carbons (Fsp3) is 0.333. The molecule has 1 aromatic carbocycles. The molecule has 0 fully saturated rings. The molecule has 0 spiro atoms. The molecular weight excluding hydrogens is 364 g/mol. The lowest BCUT2D eigenvalue weighted by Gasteiger charge is -2.22. The van der Waals surface area contributed by atoms with E-state index in [9.17, 15) is 0 Å². The van der Waals surface area contributed by atoms with E-state index in [2.05, 4.69) is 41.1 Å². The van der Waals surface area contributed by atoms with Crippen LogP contribution in [0.2, 0.25) is 0 Å². The van der Waals surface area contributed by atoms with Gasteiger partial charge < -0.3 is 0 Å². The van der Waals surface area contributed by atoms with Gasteiger partial charge in [-0.2, -0.15) is 0 Å². The van der Waals surface area contributed by atoms with E-state index in [1.165, 1.54) is 4.70 Å². The summed E-state index contributed by atoms with van der Waals surface area (Å²) in [7, 11) is 2.06. The Bertz CT molecular complexity index is 1120. The van der Waals surface area contributed by atoms with Gasteiger partial charge in [0.05, 0.1) is 22.9 Å². The van der Waals surface area contributed by atoms with Crippen molar-refractivity contribution in [3.05, 3.63) is 51.5 Å². The van der Waals surface area contributed by atoms with Gasteiger partial charge in [0.15, 0.2) is 0 Å². The molecule has 8 heteroatoms. The minimum atomic E-state index is 0.162. The van der Waals surface area contributed by atoms with Gasteiger partial charge in [0, 0.05) is 11.4 Å². The third-order valence-corrected chi connectivity index (χ3v) is 6.16. The first-order valence-corrected chi connectivity index (χ1v) is 9.66. The highest BCUT2D eigenvalue weighted by Crippen LogP contribution is 2.29. The predicted molar refractivity (Wildman–Crippen MR) is 107 cm³/mol. The summed E-state index contributed by atoms with van der Waals surface area (Å²) < 4.78 is 5.61. The number of rotatable bonds is 4.